The molecule has 0 amide bonds. The van der Waals surface area contributed by atoms with Crippen LogP contribution in [-0.2, 0) is 15.4 Å². The summed E-state index contributed by atoms with van der Waals surface area (Å²) in [5, 5.41) is 9.09. The van der Waals surface area contributed by atoms with Gasteiger partial charge in [0.2, 0.25) is 10.0 Å². The Bertz CT molecular complexity index is 484. The molecule has 1 rings (SSSR count). The van der Waals surface area contributed by atoms with Crippen LogP contribution in [0.2, 0.25) is 0 Å². The zero-order valence-electron chi connectivity index (χ0n) is 11.3. The van der Waals surface area contributed by atoms with Gasteiger partial charge >= 0.3 is 0 Å². The molecule has 0 heterocycles. The molecule has 1 aromatic rings. The fourth-order valence-corrected chi connectivity index (χ4v) is 2.57. The fraction of sp³-hybridized carbons (Fsp3) is 0.538. The molecule has 0 fully saturated rings. The van der Waals surface area contributed by atoms with Crippen molar-refractivity contribution in [1.82, 2.24) is 4.72 Å². The molecule has 0 aliphatic rings. The number of hydrogen-bond acceptors (Lipinski definition) is 3. The predicted octanol–water partition coefficient (Wildman–Crippen LogP) is 1.64. The molecular weight excluding hydrogens is 250 g/mol. The van der Waals surface area contributed by atoms with Gasteiger partial charge in [-0.3, -0.25) is 0 Å². The van der Waals surface area contributed by atoms with E-state index in [4.69, 9.17) is 5.11 Å². The largest absolute Gasteiger partial charge is 0.392 e. The quantitative estimate of drug-likeness (QED) is 0.875. The Hall–Kier alpha value is -0.910. The maximum absolute atomic E-state index is 11.9. The van der Waals surface area contributed by atoms with Crippen LogP contribution >= 0.6 is 0 Å². The molecule has 0 saturated carbocycles. The number of aliphatic hydroxyl groups is 1. The van der Waals surface area contributed by atoms with Gasteiger partial charge in [0.1, 0.15) is 0 Å². The minimum absolute atomic E-state index is 0.00463. The van der Waals surface area contributed by atoms with Crippen molar-refractivity contribution in [3.05, 3.63) is 29.8 Å². The van der Waals surface area contributed by atoms with Gasteiger partial charge in [-0.25, -0.2) is 13.1 Å². The number of sulfonamides is 1. The van der Waals surface area contributed by atoms with Gasteiger partial charge in [0.05, 0.1) is 11.0 Å². The van der Waals surface area contributed by atoms with Crippen LogP contribution in [-0.4, -0.2) is 26.2 Å². The van der Waals surface area contributed by atoms with E-state index >= 15 is 0 Å². The minimum atomic E-state index is -3.53. The van der Waals surface area contributed by atoms with Crippen LogP contribution in [0.5, 0.6) is 0 Å². The molecule has 5 heteroatoms. The molecule has 2 N–H and O–H groups in total. The molecular formula is C13H21NO3S. The molecule has 1 aromatic carbocycles. The van der Waals surface area contributed by atoms with E-state index in [1.165, 1.54) is 6.92 Å². The Morgan fingerprint density at radius 2 is 1.72 bits per heavy atom. The van der Waals surface area contributed by atoms with Gasteiger partial charge in [-0.15, -0.1) is 0 Å². The monoisotopic (exact) mass is 271 g/mol. The molecule has 0 unspecified atom stereocenters. The Balaban J connectivity index is 2.91. The highest BCUT2D eigenvalue weighted by Crippen LogP contribution is 2.23. The summed E-state index contributed by atoms with van der Waals surface area (Å²) in [6, 6.07) is 6.81. The van der Waals surface area contributed by atoms with Gasteiger partial charge in [-0.05, 0) is 30.0 Å². The van der Waals surface area contributed by atoms with E-state index in [1.807, 2.05) is 12.1 Å². The Morgan fingerprint density at radius 3 is 2.11 bits per heavy atom. The van der Waals surface area contributed by atoms with Crippen LogP contribution in [0.25, 0.3) is 0 Å². The number of benzene rings is 1. The average Bonchev–Trinajstić information content (AvgIpc) is 2.26. The Kier molecular flexibility index (Phi) is 4.53. The summed E-state index contributed by atoms with van der Waals surface area (Å²) in [5.41, 5.74) is 1.08. The van der Waals surface area contributed by atoms with Gasteiger partial charge in [-0.1, -0.05) is 32.9 Å². The summed E-state index contributed by atoms with van der Waals surface area (Å²) >= 11 is 0. The molecule has 0 spiro atoms. The van der Waals surface area contributed by atoms with Crippen molar-refractivity contribution in [2.45, 2.75) is 44.1 Å². The summed E-state index contributed by atoms with van der Waals surface area (Å²) in [4.78, 5) is 0.219. The van der Waals surface area contributed by atoms with Gasteiger partial charge in [0, 0.05) is 6.54 Å². The molecule has 102 valence electrons. The summed E-state index contributed by atoms with van der Waals surface area (Å²) in [5.74, 6) is 0. The third-order valence-corrected chi connectivity index (χ3v) is 4.04. The SMILES string of the molecule is C[C@@H](O)CNS(=O)(=O)c1ccc(C(C)(C)C)cc1. The zero-order chi connectivity index (χ0) is 14.0. The molecule has 18 heavy (non-hydrogen) atoms. The Morgan fingerprint density at radius 1 is 1.22 bits per heavy atom. The number of rotatable bonds is 4. The highest BCUT2D eigenvalue weighted by molar-refractivity contribution is 7.89. The molecule has 0 aromatic heterocycles. The highest BCUT2D eigenvalue weighted by atomic mass is 32.2. The second-order valence-corrected chi connectivity index (χ2v) is 7.24. The summed E-state index contributed by atoms with van der Waals surface area (Å²) < 4.78 is 26.1. The number of nitrogens with one attached hydrogen (secondary N) is 1. The van der Waals surface area contributed by atoms with Crippen molar-refractivity contribution in [1.29, 1.82) is 0 Å². The maximum Gasteiger partial charge on any atom is 0.240 e. The first-order chi connectivity index (χ1) is 8.13. The van der Waals surface area contributed by atoms with Crippen molar-refractivity contribution >= 4 is 10.0 Å². The van der Waals surface area contributed by atoms with Crippen molar-refractivity contribution in [2.24, 2.45) is 0 Å². The molecule has 0 saturated heterocycles. The van der Waals surface area contributed by atoms with E-state index in [0.29, 0.717) is 0 Å². The lowest BCUT2D eigenvalue weighted by Crippen LogP contribution is -2.30. The Labute approximate surface area is 109 Å². The topological polar surface area (TPSA) is 66.4 Å². The van der Waals surface area contributed by atoms with Gasteiger partial charge < -0.3 is 5.11 Å². The molecule has 4 nitrogen and oxygen atoms in total. The second kappa shape index (κ2) is 5.38. The first kappa shape index (κ1) is 15.1. The summed E-state index contributed by atoms with van der Waals surface area (Å²) in [6.07, 6.45) is -0.700. The summed E-state index contributed by atoms with van der Waals surface area (Å²) in [7, 11) is -3.53. The van der Waals surface area contributed by atoms with E-state index in [2.05, 4.69) is 25.5 Å². The van der Waals surface area contributed by atoms with Crippen LogP contribution < -0.4 is 4.72 Å². The van der Waals surface area contributed by atoms with E-state index < -0.39 is 16.1 Å². The van der Waals surface area contributed by atoms with Crippen molar-refractivity contribution in [2.75, 3.05) is 6.54 Å². The van der Waals surface area contributed by atoms with E-state index in [9.17, 15) is 8.42 Å². The van der Waals surface area contributed by atoms with Crippen molar-refractivity contribution in [3.63, 3.8) is 0 Å². The first-order valence-electron chi connectivity index (χ1n) is 5.91. The van der Waals surface area contributed by atoms with Crippen molar-refractivity contribution < 1.29 is 13.5 Å². The number of hydrogen-bond donors (Lipinski definition) is 2. The minimum Gasteiger partial charge on any atom is -0.392 e. The lowest BCUT2D eigenvalue weighted by atomic mass is 9.87. The van der Waals surface area contributed by atoms with Gasteiger partial charge in [0.25, 0.3) is 0 Å². The number of aliphatic hydroxyl groups excluding tert-OH is 1. The normalized spacial score (nSPS) is 14.5. The van der Waals surface area contributed by atoms with Crippen LogP contribution in [0.1, 0.15) is 33.3 Å². The molecule has 0 radical (unpaired) electrons. The highest BCUT2D eigenvalue weighted by Gasteiger charge is 2.17. The van der Waals surface area contributed by atoms with Crippen LogP contribution in [0.3, 0.4) is 0 Å². The molecule has 0 aliphatic carbocycles. The van der Waals surface area contributed by atoms with E-state index in [-0.39, 0.29) is 16.9 Å². The standard InChI is InChI=1S/C13H21NO3S/c1-10(15)9-14-18(16,17)12-7-5-11(6-8-12)13(2,3)4/h5-8,10,14-15H,9H2,1-4H3/t10-/m1/s1. The maximum atomic E-state index is 11.9. The van der Waals surface area contributed by atoms with E-state index in [1.54, 1.807) is 12.1 Å². The predicted molar refractivity (Wildman–Crippen MR) is 72.0 cm³/mol. The molecule has 1 atom stereocenters. The fourth-order valence-electron chi connectivity index (χ4n) is 1.45. The smallest absolute Gasteiger partial charge is 0.240 e. The molecule has 0 aliphatic heterocycles. The van der Waals surface area contributed by atoms with E-state index in [0.717, 1.165) is 5.56 Å². The third kappa shape index (κ3) is 4.08. The van der Waals surface area contributed by atoms with Crippen LogP contribution in [0.4, 0.5) is 0 Å². The second-order valence-electron chi connectivity index (χ2n) is 5.48. The molecule has 0 bridgehead atoms. The van der Waals surface area contributed by atoms with Crippen molar-refractivity contribution in [3.8, 4) is 0 Å². The van der Waals surface area contributed by atoms with Gasteiger partial charge in [-0.2, -0.15) is 0 Å². The van der Waals surface area contributed by atoms with Crippen LogP contribution in [0, 0.1) is 0 Å². The third-order valence-electron chi connectivity index (χ3n) is 2.60. The first-order valence-corrected chi connectivity index (χ1v) is 7.39. The summed E-state index contributed by atoms with van der Waals surface area (Å²) in [6.45, 7) is 7.77. The van der Waals surface area contributed by atoms with Gasteiger partial charge in [0.15, 0.2) is 0 Å². The lowest BCUT2D eigenvalue weighted by molar-refractivity contribution is 0.198. The van der Waals surface area contributed by atoms with Crippen LogP contribution in [0.15, 0.2) is 29.2 Å². The average molecular weight is 271 g/mol. The zero-order valence-corrected chi connectivity index (χ0v) is 12.1. The lowest BCUT2D eigenvalue weighted by Gasteiger charge is -2.19.